The number of aliphatic hydroxyl groups is 1. The van der Waals surface area contributed by atoms with Crippen LogP contribution in [0.25, 0.3) is 11.2 Å². The normalized spacial score (nSPS) is 25.6. The number of aromatic nitrogens is 4. The third kappa shape index (κ3) is 3.68. The SMILES string of the molecule is CCCOP(=O)(O)OCC1CC(n2cnc3c(N)ncnc32)C1CO. The minimum atomic E-state index is -4.04. The number of aliphatic hydroxyl groups excluding tert-OH is 1. The van der Waals surface area contributed by atoms with Gasteiger partial charge in [0.25, 0.3) is 0 Å². The van der Waals surface area contributed by atoms with Crippen molar-refractivity contribution in [3.8, 4) is 0 Å². The van der Waals surface area contributed by atoms with Gasteiger partial charge in [-0.2, -0.15) is 0 Å². The maximum absolute atomic E-state index is 11.7. The molecular formula is C14H22N5O5P. The maximum atomic E-state index is 11.7. The summed E-state index contributed by atoms with van der Waals surface area (Å²) >= 11 is 0. The minimum absolute atomic E-state index is 0.0347. The highest BCUT2D eigenvalue weighted by Crippen LogP contribution is 2.49. The first-order valence-electron chi connectivity index (χ1n) is 8.12. The molecule has 25 heavy (non-hydrogen) atoms. The Morgan fingerprint density at radius 1 is 1.40 bits per heavy atom. The summed E-state index contributed by atoms with van der Waals surface area (Å²) in [4.78, 5) is 21.9. The smallest absolute Gasteiger partial charge is 0.396 e. The zero-order valence-electron chi connectivity index (χ0n) is 13.9. The van der Waals surface area contributed by atoms with Crippen LogP contribution in [0.15, 0.2) is 12.7 Å². The van der Waals surface area contributed by atoms with Crippen LogP contribution in [0.3, 0.4) is 0 Å². The maximum Gasteiger partial charge on any atom is 0.472 e. The van der Waals surface area contributed by atoms with Crippen LogP contribution in [0.2, 0.25) is 0 Å². The van der Waals surface area contributed by atoms with Crippen LogP contribution in [0, 0.1) is 11.8 Å². The molecule has 0 aliphatic heterocycles. The Bertz CT molecular complexity index is 784. The molecule has 4 unspecified atom stereocenters. The number of nitrogens with two attached hydrogens (primary N) is 1. The monoisotopic (exact) mass is 371 g/mol. The molecule has 11 heteroatoms. The lowest BCUT2D eigenvalue weighted by atomic mass is 9.70. The van der Waals surface area contributed by atoms with E-state index in [1.807, 2.05) is 11.5 Å². The summed E-state index contributed by atoms with van der Waals surface area (Å²) in [5, 5.41) is 9.71. The molecule has 10 nitrogen and oxygen atoms in total. The number of phosphoric ester groups is 1. The molecule has 1 fully saturated rings. The fraction of sp³-hybridized carbons (Fsp3) is 0.643. The molecule has 138 valence electrons. The predicted octanol–water partition coefficient (Wildman–Crippen LogP) is 1.12. The zero-order valence-corrected chi connectivity index (χ0v) is 14.7. The Labute approximate surface area is 144 Å². The second kappa shape index (κ2) is 7.35. The summed E-state index contributed by atoms with van der Waals surface area (Å²) in [7, 11) is -4.04. The lowest BCUT2D eigenvalue weighted by molar-refractivity contribution is -0.00801. The molecule has 0 amide bonds. The molecule has 2 aromatic heterocycles. The molecule has 0 spiro atoms. The summed E-state index contributed by atoms with van der Waals surface area (Å²) < 4.78 is 23.5. The lowest BCUT2D eigenvalue weighted by Crippen LogP contribution is -2.42. The van der Waals surface area contributed by atoms with Crippen molar-refractivity contribution in [2.45, 2.75) is 25.8 Å². The number of imidazole rings is 1. The number of nitrogen functional groups attached to an aromatic ring is 1. The topological polar surface area (TPSA) is 146 Å². The van der Waals surface area contributed by atoms with E-state index in [0.29, 0.717) is 29.8 Å². The first-order chi connectivity index (χ1) is 12.0. The summed E-state index contributed by atoms with van der Waals surface area (Å²) in [6, 6.07) is -0.0347. The van der Waals surface area contributed by atoms with E-state index in [-0.39, 0.29) is 37.7 Å². The Balaban J connectivity index is 1.66. The lowest BCUT2D eigenvalue weighted by Gasteiger charge is -2.44. The van der Waals surface area contributed by atoms with Crippen molar-refractivity contribution in [1.82, 2.24) is 19.5 Å². The van der Waals surface area contributed by atoms with E-state index in [0.717, 1.165) is 0 Å². The Morgan fingerprint density at radius 3 is 2.92 bits per heavy atom. The van der Waals surface area contributed by atoms with Crippen LogP contribution in [0.5, 0.6) is 0 Å². The number of hydrogen-bond donors (Lipinski definition) is 3. The fourth-order valence-electron chi connectivity index (χ4n) is 3.11. The third-order valence-electron chi connectivity index (χ3n) is 4.51. The van der Waals surface area contributed by atoms with Gasteiger partial charge in [-0.25, -0.2) is 19.5 Å². The highest BCUT2D eigenvalue weighted by molar-refractivity contribution is 7.47. The second-order valence-electron chi connectivity index (χ2n) is 6.09. The van der Waals surface area contributed by atoms with Crippen molar-refractivity contribution >= 4 is 24.8 Å². The van der Waals surface area contributed by atoms with Crippen LogP contribution in [-0.2, 0) is 13.6 Å². The van der Waals surface area contributed by atoms with E-state index in [1.165, 1.54) is 6.33 Å². The molecule has 0 bridgehead atoms. The highest BCUT2D eigenvalue weighted by atomic mass is 31.2. The molecule has 1 saturated carbocycles. The van der Waals surface area contributed by atoms with Gasteiger partial charge in [0.05, 0.1) is 19.5 Å². The standard InChI is InChI=1S/C14H22N5O5P/c1-2-3-23-25(21,22)24-6-9-4-11(10(9)5-20)19-8-18-12-13(15)16-7-17-14(12)19/h7-11,20H,2-6H2,1H3,(H,21,22)(H2,15,16,17). The van der Waals surface area contributed by atoms with Gasteiger partial charge in [0.1, 0.15) is 11.8 Å². The molecule has 2 aromatic rings. The van der Waals surface area contributed by atoms with Gasteiger partial charge in [-0.3, -0.25) is 9.05 Å². The summed E-state index contributed by atoms with van der Waals surface area (Å²) in [5.41, 5.74) is 6.92. The third-order valence-corrected chi connectivity index (χ3v) is 5.49. The molecule has 0 aromatic carbocycles. The number of hydrogen-bond acceptors (Lipinski definition) is 8. The summed E-state index contributed by atoms with van der Waals surface area (Å²) in [5.74, 6) is 0.106. The molecule has 1 aliphatic rings. The molecule has 1 aliphatic carbocycles. The number of nitrogens with zero attached hydrogens (tertiary/aromatic N) is 4. The zero-order chi connectivity index (χ0) is 18.0. The minimum Gasteiger partial charge on any atom is -0.396 e. The van der Waals surface area contributed by atoms with Crippen molar-refractivity contribution in [2.24, 2.45) is 11.8 Å². The fourth-order valence-corrected chi connectivity index (χ4v) is 3.97. The van der Waals surface area contributed by atoms with Gasteiger partial charge in [-0.05, 0) is 18.8 Å². The van der Waals surface area contributed by atoms with Gasteiger partial charge in [-0.15, -0.1) is 0 Å². The Hall–Kier alpha value is -1.58. The largest absolute Gasteiger partial charge is 0.472 e. The molecule has 4 atom stereocenters. The molecular weight excluding hydrogens is 349 g/mol. The van der Waals surface area contributed by atoms with E-state index in [4.69, 9.17) is 14.8 Å². The van der Waals surface area contributed by atoms with Gasteiger partial charge in [-0.1, -0.05) is 6.92 Å². The van der Waals surface area contributed by atoms with E-state index < -0.39 is 7.82 Å². The van der Waals surface area contributed by atoms with E-state index >= 15 is 0 Å². The molecule has 3 rings (SSSR count). The van der Waals surface area contributed by atoms with Gasteiger partial charge < -0.3 is 20.3 Å². The predicted molar refractivity (Wildman–Crippen MR) is 89.5 cm³/mol. The quantitative estimate of drug-likeness (QED) is 0.581. The van der Waals surface area contributed by atoms with Crippen molar-refractivity contribution in [3.05, 3.63) is 12.7 Å². The number of anilines is 1. The van der Waals surface area contributed by atoms with Crippen LogP contribution in [-0.4, -0.2) is 49.3 Å². The van der Waals surface area contributed by atoms with Gasteiger partial charge >= 0.3 is 7.82 Å². The Kier molecular flexibility index (Phi) is 5.35. The first kappa shape index (κ1) is 18.2. The molecule has 4 N–H and O–H groups in total. The average Bonchev–Trinajstić information content (AvgIpc) is 2.97. The Morgan fingerprint density at radius 2 is 2.20 bits per heavy atom. The van der Waals surface area contributed by atoms with Crippen LogP contribution in [0.1, 0.15) is 25.8 Å². The summed E-state index contributed by atoms with van der Waals surface area (Å²) in [6.07, 6.45) is 4.28. The highest BCUT2D eigenvalue weighted by Gasteiger charge is 2.43. The van der Waals surface area contributed by atoms with Gasteiger partial charge in [0, 0.05) is 18.6 Å². The number of fused-ring (bicyclic) bond motifs is 1. The molecule has 0 saturated heterocycles. The van der Waals surface area contributed by atoms with E-state index in [1.54, 1.807) is 6.33 Å². The second-order valence-corrected chi connectivity index (χ2v) is 7.54. The van der Waals surface area contributed by atoms with Crippen molar-refractivity contribution in [2.75, 3.05) is 25.6 Å². The molecule has 0 radical (unpaired) electrons. The number of rotatable bonds is 8. The van der Waals surface area contributed by atoms with E-state index in [2.05, 4.69) is 15.0 Å². The van der Waals surface area contributed by atoms with Crippen molar-refractivity contribution in [3.63, 3.8) is 0 Å². The number of phosphoric acid groups is 1. The average molecular weight is 371 g/mol. The van der Waals surface area contributed by atoms with Crippen LogP contribution >= 0.6 is 7.82 Å². The van der Waals surface area contributed by atoms with Crippen LogP contribution < -0.4 is 5.73 Å². The summed E-state index contributed by atoms with van der Waals surface area (Å²) in [6.45, 7) is 1.96. The van der Waals surface area contributed by atoms with Crippen molar-refractivity contribution in [1.29, 1.82) is 0 Å². The first-order valence-corrected chi connectivity index (χ1v) is 9.62. The van der Waals surface area contributed by atoms with Gasteiger partial charge in [0.15, 0.2) is 11.5 Å². The van der Waals surface area contributed by atoms with Crippen LogP contribution in [0.4, 0.5) is 5.82 Å². The van der Waals surface area contributed by atoms with Gasteiger partial charge in [0.2, 0.25) is 0 Å². The molecule has 2 heterocycles. The van der Waals surface area contributed by atoms with Crippen molar-refractivity contribution < 1.29 is 23.6 Å². The van der Waals surface area contributed by atoms with E-state index in [9.17, 15) is 14.6 Å².